The van der Waals surface area contributed by atoms with Crippen LogP contribution in [0.2, 0.25) is 0 Å². The summed E-state index contributed by atoms with van der Waals surface area (Å²) in [4.78, 5) is 28.0. The van der Waals surface area contributed by atoms with Gasteiger partial charge in [0.15, 0.2) is 0 Å². The molecule has 4 rings (SSSR count). The van der Waals surface area contributed by atoms with E-state index < -0.39 is 23.8 Å². The summed E-state index contributed by atoms with van der Waals surface area (Å²) >= 11 is 0. The molecule has 0 aliphatic carbocycles. The molecule has 41 heavy (non-hydrogen) atoms. The molecule has 10 nitrogen and oxygen atoms in total. The first-order valence-electron chi connectivity index (χ1n) is 13.9. The molecule has 2 amide bonds. The van der Waals surface area contributed by atoms with Crippen molar-refractivity contribution in [3.05, 3.63) is 60.3 Å². The van der Waals surface area contributed by atoms with Crippen LogP contribution in [0.4, 0.5) is 4.79 Å². The molecule has 2 heterocycles. The number of carbonyl (C=O) groups is 2. The number of nitrogens with one attached hydrogen (secondary N) is 1. The molecule has 1 saturated heterocycles. The van der Waals surface area contributed by atoms with E-state index in [0.717, 1.165) is 29.7 Å². The summed E-state index contributed by atoms with van der Waals surface area (Å²) in [5.41, 5.74) is 2.53. The Morgan fingerprint density at radius 2 is 1.83 bits per heavy atom. The summed E-state index contributed by atoms with van der Waals surface area (Å²) in [6.45, 7) is 9.29. The van der Waals surface area contributed by atoms with Gasteiger partial charge in [0.05, 0.1) is 25.1 Å². The molecule has 0 saturated carbocycles. The van der Waals surface area contributed by atoms with Crippen LogP contribution in [-0.4, -0.2) is 62.7 Å². The van der Waals surface area contributed by atoms with Gasteiger partial charge < -0.3 is 14.8 Å². The second-order valence-electron chi connectivity index (χ2n) is 11.5. The van der Waals surface area contributed by atoms with E-state index in [4.69, 9.17) is 9.47 Å². The third kappa shape index (κ3) is 7.04. The third-order valence-electron chi connectivity index (χ3n) is 7.22. The van der Waals surface area contributed by atoms with Gasteiger partial charge in [0, 0.05) is 18.0 Å². The van der Waals surface area contributed by atoms with Crippen LogP contribution in [0.1, 0.15) is 53.0 Å². The number of likely N-dealkylation sites (tertiary alicyclic amines) is 1. The molecule has 216 valence electrons. The number of hydrogen-bond donors (Lipinski definition) is 1. The number of piperidine rings is 1. The summed E-state index contributed by atoms with van der Waals surface area (Å²) in [6.07, 6.45) is 3.22. The maximum Gasteiger partial charge on any atom is 0.411 e. The number of para-hydroxylation sites is 1. The number of hydrogen-bond acceptors (Lipinski definition) is 7. The Balaban J connectivity index is 1.44. The zero-order valence-electron chi connectivity index (χ0n) is 24.5. The highest BCUT2D eigenvalue weighted by molar-refractivity contribution is 5.87. The van der Waals surface area contributed by atoms with Crippen molar-refractivity contribution in [3.63, 3.8) is 0 Å². The quantitative estimate of drug-likeness (QED) is 0.437. The lowest BCUT2D eigenvalue weighted by Crippen LogP contribution is -2.60. The van der Waals surface area contributed by atoms with E-state index in [1.54, 1.807) is 32.6 Å². The summed E-state index contributed by atoms with van der Waals surface area (Å²) in [5, 5.41) is 21.3. The molecule has 0 bridgehead atoms. The summed E-state index contributed by atoms with van der Waals surface area (Å²) in [5.74, 6) is 0.302. The first kappa shape index (κ1) is 29.6. The predicted octanol–water partition coefficient (Wildman–Crippen LogP) is 4.92. The van der Waals surface area contributed by atoms with Crippen molar-refractivity contribution in [1.29, 1.82) is 5.26 Å². The number of amides is 2. The zero-order valence-corrected chi connectivity index (χ0v) is 24.5. The molecule has 1 fully saturated rings. The minimum absolute atomic E-state index is 0.0687. The largest absolute Gasteiger partial charge is 0.496 e. The third-order valence-corrected chi connectivity index (χ3v) is 7.22. The Morgan fingerprint density at radius 3 is 2.49 bits per heavy atom. The molecule has 10 heteroatoms. The minimum atomic E-state index is -0.762. The number of nitrogens with zero attached hydrogens (tertiary/aromatic N) is 5. The zero-order chi connectivity index (χ0) is 29.7. The van der Waals surface area contributed by atoms with Gasteiger partial charge >= 0.3 is 6.09 Å². The van der Waals surface area contributed by atoms with Gasteiger partial charge in [-0.3, -0.25) is 9.69 Å². The Hall–Kier alpha value is -4.39. The minimum Gasteiger partial charge on any atom is -0.496 e. The van der Waals surface area contributed by atoms with E-state index in [2.05, 4.69) is 21.7 Å². The van der Waals surface area contributed by atoms with Gasteiger partial charge in [-0.1, -0.05) is 36.4 Å². The molecule has 0 spiro atoms. The van der Waals surface area contributed by atoms with Crippen LogP contribution in [0, 0.1) is 17.2 Å². The van der Waals surface area contributed by atoms with Crippen LogP contribution in [0.15, 0.2) is 54.7 Å². The molecule has 1 N–H and O–H groups in total. The Labute approximate surface area is 241 Å². The predicted molar refractivity (Wildman–Crippen MR) is 154 cm³/mol. The lowest BCUT2D eigenvalue weighted by molar-refractivity contribution is -0.131. The number of rotatable bonds is 7. The number of ether oxygens (including phenoxy) is 2. The smallest absolute Gasteiger partial charge is 0.411 e. The molecule has 1 aliphatic rings. The lowest BCUT2D eigenvalue weighted by Gasteiger charge is -2.43. The standard InChI is InChI=1S/C31H38N6O4/c1-20-11-12-21(2)37(30(39)41-31(3,4)5)28(20)29(38)33-23(18-32)17-22-13-15-24(16-14-22)36-19-26(34-35-36)25-9-7-8-10-27(25)40-6/h7-10,13-16,19-21,23,28H,11-12,17H2,1-6H3,(H,33,38)/t20-,21+,23+,28+/m1/s1. The van der Waals surface area contributed by atoms with E-state index in [1.165, 1.54) is 4.90 Å². The van der Waals surface area contributed by atoms with Gasteiger partial charge in [-0.15, -0.1) is 5.10 Å². The van der Waals surface area contributed by atoms with Crippen molar-refractivity contribution in [2.24, 2.45) is 5.92 Å². The lowest BCUT2D eigenvalue weighted by atomic mass is 9.86. The molecule has 4 atom stereocenters. The highest BCUT2D eigenvalue weighted by Crippen LogP contribution is 2.30. The van der Waals surface area contributed by atoms with E-state index in [9.17, 15) is 14.9 Å². The van der Waals surface area contributed by atoms with Gasteiger partial charge in [-0.25, -0.2) is 9.48 Å². The molecular formula is C31H38N6O4. The SMILES string of the molecule is COc1ccccc1-c1cn(-c2ccc(C[C@@H](C#N)NC(=O)[C@@H]3[C@H](C)CC[C@H](C)N3C(=O)OC(C)(C)C)cc2)nn1. The van der Waals surface area contributed by atoms with Crippen LogP contribution in [0.5, 0.6) is 5.75 Å². The van der Waals surface area contributed by atoms with Crippen molar-refractivity contribution < 1.29 is 19.1 Å². The van der Waals surface area contributed by atoms with Gasteiger partial charge in [0.2, 0.25) is 5.91 Å². The van der Waals surface area contributed by atoms with E-state index in [1.807, 2.05) is 68.6 Å². The monoisotopic (exact) mass is 558 g/mol. The van der Waals surface area contributed by atoms with E-state index in [0.29, 0.717) is 17.9 Å². The molecule has 0 unspecified atom stereocenters. The molecule has 1 aliphatic heterocycles. The summed E-state index contributed by atoms with van der Waals surface area (Å²) < 4.78 is 12.7. The van der Waals surface area contributed by atoms with Gasteiger partial charge in [-0.2, -0.15) is 5.26 Å². The topological polar surface area (TPSA) is 122 Å². The van der Waals surface area contributed by atoms with Crippen molar-refractivity contribution in [1.82, 2.24) is 25.2 Å². The van der Waals surface area contributed by atoms with Crippen LogP contribution in [-0.2, 0) is 16.0 Å². The summed E-state index contributed by atoms with van der Waals surface area (Å²) in [6, 6.07) is 15.8. The number of carbonyl (C=O) groups excluding carboxylic acids is 2. The number of benzene rings is 2. The first-order valence-corrected chi connectivity index (χ1v) is 13.9. The van der Waals surface area contributed by atoms with Gasteiger partial charge in [0.25, 0.3) is 0 Å². The highest BCUT2D eigenvalue weighted by Gasteiger charge is 2.42. The number of methoxy groups -OCH3 is 1. The first-order chi connectivity index (χ1) is 19.5. The van der Waals surface area contributed by atoms with E-state index >= 15 is 0 Å². The van der Waals surface area contributed by atoms with Crippen LogP contribution in [0.3, 0.4) is 0 Å². The fourth-order valence-corrected chi connectivity index (χ4v) is 5.12. The molecule has 0 radical (unpaired) electrons. The Morgan fingerprint density at radius 1 is 1.12 bits per heavy atom. The van der Waals surface area contributed by atoms with E-state index in [-0.39, 0.29) is 17.9 Å². The van der Waals surface area contributed by atoms with Gasteiger partial charge in [-0.05, 0) is 76.3 Å². The molecule has 1 aromatic heterocycles. The second-order valence-corrected chi connectivity index (χ2v) is 11.5. The van der Waals surface area contributed by atoms with Crippen molar-refractivity contribution in [2.45, 2.75) is 77.6 Å². The molecule has 2 aromatic carbocycles. The van der Waals surface area contributed by atoms with Gasteiger partial charge in [0.1, 0.15) is 29.1 Å². The molecule has 3 aromatic rings. The van der Waals surface area contributed by atoms with Crippen LogP contribution < -0.4 is 10.1 Å². The van der Waals surface area contributed by atoms with Crippen molar-refractivity contribution in [3.8, 4) is 28.8 Å². The average molecular weight is 559 g/mol. The fourth-order valence-electron chi connectivity index (χ4n) is 5.12. The maximum atomic E-state index is 13.5. The van der Waals surface area contributed by atoms with Crippen LogP contribution in [0.25, 0.3) is 16.9 Å². The average Bonchev–Trinajstić information content (AvgIpc) is 3.43. The summed E-state index contributed by atoms with van der Waals surface area (Å²) in [7, 11) is 1.62. The Kier molecular flexibility index (Phi) is 8.96. The number of aromatic nitrogens is 3. The maximum absolute atomic E-state index is 13.5. The highest BCUT2D eigenvalue weighted by atomic mass is 16.6. The number of nitriles is 1. The normalized spacial score (nSPS) is 19.6. The second kappa shape index (κ2) is 12.4. The van der Waals surface area contributed by atoms with Crippen molar-refractivity contribution in [2.75, 3.05) is 7.11 Å². The Bertz CT molecular complexity index is 1400. The molecular weight excluding hydrogens is 520 g/mol. The van der Waals surface area contributed by atoms with Crippen molar-refractivity contribution >= 4 is 12.0 Å². The fraction of sp³-hybridized carbons (Fsp3) is 0.452. The van der Waals surface area contributed by atoms with Crippen LogP contribution >= 0.6 is 0 Å².